The predicted octanol–water partition coefficient (Wildman–Crippen LogP) is 2.16. The maximum absolute atomic E-state index is 11.9. The highest BCUT2D eigenvalue weighted by molar-refractivity contribution is 6.47. The van der Waals surface area contributed by atoms with Crippen LogP contribution in [0.25, 0.3) is 0 Å². The molecule has 1 N–H and O–H groups in total. The number of amides is 1. The van der Waals surface area contributed by atoms with Gasteiger partial charge in [0.25, 0.3) is 11.7 Å². The Morgan fingerprint density at radius 1 is 1.32 bits per heavy atom. The fourth-order valence-electron chi connectivity index (χ4n) is 1.60. The van der Waals surface area contributed by atoms with Gasteiger partial charge in [-0.15, -0.1) is 0 Å². The third-order valence-electron chi connectivity index (χ3n) is 2.48. The third kappa shape index (κ3) is 4.48. The van der Waals surface area contributed by atoms with Crippen molar-refractivity contribution >= 4 is 29.6 Å². The van der Waals surface area contributed by atoms with Crippen LogP contribution in [0.5, 0.6) is 0 Å². The summed E-state index contributed by atoms with van der Waals surface area (Å²) >= 11 is 5.84. The van der Waals surface area contributed by atoms with Gasteiger partial charge in [-0.1, -0.05) is 37.6 Å². The smallest absolute Gasteiger partial charge is 0.293 e. The van der Waals surface area contributed by atoms with E-state index in [-0.39, 0.29) is 16.5 Å². The van der Waals surface area contributed by atoms with Crippen LogP contribution in [0.4, 0.5) is 0 Å². The molecule has 0 aliphatic heterocycles. The second kappa shape index (κ2) is 7.04. The molecule has 0 fully saturated rings. The van der Waals surface area contributed by atoms with E-state index < -0.39 is 17.7 Å². The van der Waals surface area contributed by atoms with Crippen molar-refractivity contribution in [3.8, 4) is 0 Å². The maximum atomic E-state index is 11.9. The zero-order chi connectivity index (χ0) is 14.4. The lowest BCUT2D eigenvalue weighted by atomic mass is 10.0. The predicted molar refractivity (Wildman–Crippen MR) is 72.9 cm³/mol. The van der Waals surface area contributed by atoms with Gasteiger partial charge in [0.1, 0.15) is 0 Å². The minimum Gasteiger partial charge on any atom is -0.339 e. The monoisotopic (exact) mass is 280 g/mol. The zero-order valence-electron chi connectivity index (χ0n) is 10.8. The Kier molecular flexibility index (Phi) is 5.70. The summed E-state index contributed by atoms with van der Waals surface area (Å²) in [5.41, 5.74) is 0.121. The summed E-state index contributed by atoms with van der Waals surface area (Å²) in [5.74, 6) is -1.39. The van der Waals surface area contributed by atoms with E-state index in [2.05, 4.69) is 5.32 Å². The normalized spacial score (nSPS) is 12.0. The quantitative estimate of drug-likeness (QED) is 0.641. The van der Waals surface area contributed by atoms with Crippen molar-refractivity contribution < 1.29 is 14.4 Å². The molecule has 1 aromatic carbocycles. The van der Waals surface area contributed by atoms with Gasteiger partial charge in [0, 0.05) is 5.56 Å². The minimum atomic E-state index is -0.845. The van der Waals surface area contributed by atoms with Gasteiger partial charge in [-0.25, -0.2) is 0 Å². The Bertz CT molecular complexity index is 485. The number of ketones is 1. The standard InChI is InChI=1S/C14H15ClNO3/c1-9(2)7-10(8-17)16-14(19)13(18)11-5-3-4-6-12(11)15/h3-6,9-10H,7H2,1-2H3,(H,16,19)/t10-/m0/s1. The van der Waals surface area contributed by atoms with Gasteiger partial charge < -0.3 is 5.32 Å². The summed E-state index contributed by atoms with van der Waals surface area (Å²) in [6, 6.07) is 5.49. The van der Waals surface area contributed by atoms with Gasteiger partial charge in [-0.3, -0.25) is 14.4 Å². The van der Waals surface area contributed by atoms with Crippen LogP contribution in [0, 0.1) is 5.92 Å². The second-order valence-corrected chi connectivity index (χ2v) is 4.99. The Morgan fingerprint density at radius 2 is 1.95 bits per heavy atom. The molecule has 0 aromatic heterocycles. The number of hydrogen-bond acceptors (Lipinski definition) is 3. The fourth-order valence-corrected chi connectivity index (χ4v) is 1.82. The van der Waals surface area contributed by atoms with Crippen molar-refractivity contribution in [3.63, 3.8) is 0 Å². The largest absolute Gasteiger partial charge is 0.339 e. The summed E-state index contributed by atoms with van der Waals surface area (Å²) in [7, 11) is 0. The summed E-state index contributed by atoms with van der Waals surface area (Å²) in [4.78, 5) is 34.3. The molecule has 101 valence electrons. The molecule has 0 saturated carbocycles. The lowest BCUT2D eigenvalue weighted by Crippen LogP contribution is -2.41. The summed E-state index contributed by atoms with van der Waals surface area (Å²) < 4.78 is 0. The van der Waals surface area contributed by atoms with E-state index >= 15 is 0 Å². The van der Waals surface area contributed by atoms with Gasteiger partial charge in [0.05, 0.1) is 11.1 Å². The van der Waals surface area contributed by atoms with Gasteiger partial charge in [-0.2, -0.15) is 0 Å². The summed E-state index contributed by atoms with van der Waals surface area (Å²) in [6.07, 6.45) is 2.15. The molecular formula is C14H15ClNO3. The van der Waals surface area contributed by atoms with Gasteiger partial charge in [0.2, 0.25) is 6.29 Å². The number of benzene rings is 1. The van der Waals surface area contributed by atoms with Gasteiger partial charge >= 0.3 is 0 Å². The molecule has 1 atom stereocenters. The molecule has 19 heavy (non-hydrogen) atoms. The lowest BCUT2D eigenvalue weighted by Gasteiger charge is -2.13. The van der Waals surface area contributed by atoms with Crippen molar-refractivity contribution in [2.75, 3.05) is 0 Å². The number of rotatable bonds is 6. The molecule has 0 aliphatic carbocycles. The van der Waals surface area contributed by atoms with Gasteiger partial charge in [-0.05, 0) is 24.5 Å². The minimum absolute atomic E-state index is 0.121. The first-order valence-electron chi connectivity index (χ1n) is 5.93. The third-order valence-corrected chi connectivity index (χ3v) is 2.81. The van der Waals surface area contributed by atoms with E-state index in [0.717, 1.165) is 0 Å². The zero-order valence-corrected chi connectivity index (χ0v) is 11.5. The number of halogens is 1. The fraction of sp³-hybridized carbons (Fsp3) is 0.357. The maximum Gasteiger partial charge on any atom is 0.293 e. The van der Waals surface area contributed by atoms with Gasteiger partial charge in [0.15, 0.2) is 0 Å². The van der Waals surface area contributed by atoms with Crippen molar-refractivity contribution in [2.24, 2.45) is 5.92 Å². The van der Waals surface area contributed by atoms with Crippen LogP contribution in [0.2, 0.25) is 5.02 Å². The number of carbonyl (C=O) groups is 2. The molecule has 0 unspecified atom stereocenters. The molecule has 0 saturated heterocycles. The molecule has 0 heterocycles. The molecule has 0 bridgehead atoms. The highest BCUT2D eigenvalue weighted by atomic mass is 35.5. The highest BCUT2D eigenvalue weighted by Crippen LogP contribution is 2.15. The van der Waals surface area contributed by atoms with Crippen LogP contribution in [-0.2, 0) is 9.59 Å². The van der Waals surface area contributed by atoms with E-state index in [1.165, 1.54) is 12.1 Å². The number of nitrogens with one attached hydrogen (secondary N) is 1. The molecule has 5 heteroatoms. The molecular weight excluding hydrogens is 266 g/mol. The van der Waals surface area contributed by atoms with Crippen LogP contribution in [-0.4, -0.2) is 24.0 Å². The van der Waals surface area contributed by atoms with Crippen molar-refractivity contribution in [3.05, 3.63) is 34.9 Å². The number of hydrogen-bond donors (Lipinski definition) is 1. The van der Waals surface area contributed by atoms with Crippen LogP contribution >= 0.6 is 11.6 Å². The first kappa shape index (κ1) is 15.4. The van der Waals surface area contributed by atoms with E-state index in [0.29, 0.717) is 6.42 Å². The number of Topliss-reactive ketones (excluding diaryl/α,β-unsaturated/α-hetero) is 1. The summed E-state index contributed by atoms with van der Waals surface area (Å²) in [6.45, 7) is 3.82. The molecule has 0 aliphatic rings. The number of carbonyl (C=O) groups excluding carboxylic acids is 3. The average molecular weight is 281 g/mol. The molecule has 1 radical (unpaired) electrons. The molecule has 4 nitrogen and oxygen atoms in total. The summed E-state index contributed by atoms with van der Waals surface area (Å²) in [5, 5.41) is 2.56. The molecule has 0 spiro atoms. The topological polar surface area (TPSA) is 63.2 Å². The van der Waals surface area contributed by atoms with E-state index in [1.807, 2.05) is 13.8 Å². The van der Waals surface area contributed by atoms with Crippen LogP contribution < -0.4 is 5.32 Å². The molecule has 1 aromatic rings. The van der Waals surface area contributed by atoms with Crippen LogP contribution in [0.15, 0.2) is 24.3 Å². The first-order chi connectivity index (χ1) is 8.95. The Labute approximate surface area is 117 Å². The van der Waals surface area contributed by atoms with Crippen molar-refractivity contribution in [1.82, 2.24) is 5.32 Å². The van der Waals surface area contributed by atoms with E-state index in [1.54, 1.807) is 18.4 Å². The van der Waals surface area contributed by atoms with Crippen molar-refractivity contribution in [2.45, 2.75) is 26.3 Å². The second-order valence-electron chi connectivity index (χ2n) is 4.58. The lowest BCUT2D eigenvalue weighted by molar-refractivity contribution is -0.117. The Balaban J connectivity index is 2.75. The first-order valence-corrected chi connectivity index (χ1v) is 6.31. The molecule has 1 amide bonds. The van der Waals surface area contributed by atoms with E-state index in [9.17, 15) is 14.4 Å². The Morgan fingerprint density at radius 3 is 2.47 bits per heavy atom. The highest BCUT2D eigenvalue weighted by Gasteiger charge is 2.22. The Hall–Kier alpha value is -1.68. The molecule has 1 rings (SSSR count). The van der Waals surface area contributed by atoms with Crippen LogP contribution in [0.1, 0.15) is 30.6 Å². The van der Waals surface area contributed by atoms with Crippen LogP contribution in [0.3, 0.4) is 0 Å². The van der Waals surface area contributed by atoms with Crippen molar-refractivity contribution in [1.29, 1.82) is 0 Å². The SMILES string of the molecule is CC(C)C[C@@H]([C]=O)NC(=O)C(=O)c1ccccc1Cl. The average Bonchev–Trinajstić information content (AvgIpc) is 2.37. The van der Waals surface area contributed by atoms with E-state index in [4.69, 9.17) is 11.6 Å².